The lowest BCUT2D eigenvalue weighted by Gasteiger charge is -2.16. The van der Waals surface area contributed by atoms with Crippen LogP contribution in [0.2, 0.25) is 0 Å². The van der Waals surface area contributed by atoms with Crippen molar-refractivity contribution in [1.82, 2.24) is 5.32 Å². The molecule has 4 nitrogen and oxygen atoms in total. The Bertz CT molecular complexity index is 344. The molecular weight excluding hydrogens is 262 g/mol. The van der Waals surface area contributed by atoms with Crippen LogP contribution in [-0.4, -0.2) is 30.9 Å². The van der Waals surface area contributed by atoms with Crippen molar-refractivity contribution in [2.75, 3.05) is 20.7 Å². The average molecular weight is 276 g/mol. The molecule has 0 fully saturated rings. The summed E-state index contributed by atoms with van der Waals surface area (Å²) < 4.78 is 5.59. The van der Waals surface area contributed by atoms with Crippen LogP contribution in [0, 0.1) is 0 Å². The van der Waals surface area contributed by atoms with E-state index < -0.39 is 6.10 Å². The fourth-order valence-corrected chi connectivity index (χ4v) is 1.86. The highest BCUT2D eigenvalue weighted by atomic mass is 79.9. The Hall–Kier alpha value is -0.780. The molecule has 1 rings (SSSR count). The van der Waals surface area contributed by atoms with E-state index in [-0.39, 0.29) is 5.75 Å². The predicted molar refractivity (Wildman–Crippen MR) is 61.2 cm³/mol. The van der Waals surface area contributed by atoms with Crippen LogP contribution in [0.15, 0.2) is 16.6 Å². The lowest BCUT2D eigenvalue weighted by atomic mass is 10.1. The second-order valence-corrected chi connectivity index (χ2v) is 3.89. The van der Waals surface area contributed by atoms with Crippen molar-refractivity contribution in [3.8, 4) is 11.5 Å². The maximum atomic E-state index is 9.80. The van der Waals surface area contributed by atoms with E-state index in [1.807, 2.05) is 0 Å². The van der Waals surface area contributed by atoms with Gasteiger partial charge in [0.25, 0.3) is 0 Å². The molecule has 0 saturated heterocycles. The molecule has 84 valence electrons. The van der Waals surface area contributed by atoms with Gasteiger partial charge in [-0.05, 0) is 35.1 Å². The molecule has 1 aromatic rings. The number of aliphatic hydroxyl groups excluding tert-OH is 1. The molecule has 0 aromatic heterocycles. The zero-order valence-electron chi connectivity index (χ0n) is 8.62. The van der Waals surface area contributed by atoms with E-state index in [0.717, 1.165) is 0 Å². The zero-order chi connectivity index (χ0) is 11.4. The first-order valence-electron chi connectivity index (χ1n) is 4.49. The van der Waals surface area contributed by atoms with Gasteiger partial charge in [0.05, 0.1) is 13.2 Å². The minimum atomic E-state index is -0.665. The number of likely N-dealkylation sites (N-methyl/N-ethyl adjacent to an activating group) is 1. The molecule has 5 heteroatoms. The molecule has 0 bridgehead atoms. The number of halogens is 1. The highest BCUT2D eigenvalue weighted by molar-refractivity contribution is 9.10. The number of phenolic OH excluding ortho intramolecular Hbond substituents is 1. The largest absolute Gasteiger partial charge is 0.507 e. The van der Waals surface area contributed by atoms with Crippen molar-refractivity contribution in [1.29, 1.82) is 0 Å². The number of benzene rings is 1. The average Bonchev–Trinajstić information content (AvgIpc) is 2.22. The summed E-state index contributed by atoms with van der Waals surface area (Å²) in [7, 11) is 3.25. The third kappa shape index (κ3) is 2.62. The summed E-state index contributed by atoms with van der Waals surface area (Å²) in [5, 5.41) is 22.1. The smallest absolute Gasteiger partial charge is 0.142 e. The van der Waals surface area contributed by atoms with Gasteiger partial charge >= 0.3 is 0 Å². The first kappa shape index (κ1) is 12.3. The predicted octanol–water partition coefficient (Wildman–Crippen LogP) is 1.42. The Morgan fingerprint density at radius 2 is 2.20 bits per heavy atom. The molecule has 0 spiro atoms. The maximum Gasteiger partial charge on any atom is 0.142 e. The van der Waals surface area contributed by atoms with Crippen LogP contribution in [0.3, 0.4) is 0 Å². The van der Waals surface area contributed by atoms with E-state index in [0.29, 0.717) is 22.3 Å². The summed E-state index contributed by atoms with van der Waals surface area (Å²) in [5.74, 6) is 0.546. The minimum Gasteiger partial charge on any atom is -0.507 e. The number of aromatic hydroxyl groups is 1. The van der Waals surface area contributed by atoms with Crippen molar-refractivity contribution >= 4 is 15.9 Å². The van der Waals surface area contributed by atoms with Crippen LogP contribution in [0.1, 0.15) is 11.7 Å². The summed E-state index contributed by atoms with van der Waals surface area (Å²) in [6.45, 7) is 0.424. The molecule has 15 heavy (non-hydrogen) atoms. The van der Waals surface area contributed by atoms with E-state index >= 15 is 0 Å². The van der Waals surface area contributed by atoms with E-state index in [9.17, 15) is 10.2 Å². The summed E-state index contributed by atoms with van der Waals surface area (Å²) >= 11 is 3.20. The molecule has 0 saturated carbocycles. The molecular formula is C10H14BrNO3. The molecule has 0 radical (unpaired) electrons. The van der Waals surface area contributed by atoms with Crippen LogP contribution in [0.5, 0.6) is 11.5 Å². The van der Waals surface area contributed by atoms with Gasteiger partial charge in [-0.25, -0.2) is 0 Å². The Balaban J connectivity index is 3.12. The van der Waals surface area contributed by atoms with E-state index in [1.54, 1.807) is 13.1 Å². The van der Waals surface area contributed by atoms with Gasteiger partial charge in [-0.3, -0.25) is 0 Å². The second kappa shape index (κ2) is 5.34. The second-order valence-electron chi connectivity index (χ2n) is 3.09. The molecule has 0 aliphatic heterocycles. The molecule has 0 heterocycles. The molecule has 1 atom stereocenters. The quantitative estimate of drug-likeness (QED) is 0.778. The van der Waals surface area contributed by atoms with Crippen molar-refractivity contribution in [2.24, 2.45) is 0 Å². The summed E-state index contributed by atoms with van der Waals surface area (Å²) in [5.41, 5.74) is 0.636. The molecule has 3 N–H and O–H groups in total. The SMILES string of the molecule is CNCC(O)c1ccc(O)c(Br)c1OC. The topological polar surface area (TPSA) is 61.7 Å². The van der Waals surface area contributed by atoms with Gasteiger partial charge in [0.15, 0.2) is 0 Å². The van der Waals surface area contributed by atoms with Crippen LogP contribution in [0.4, 0.5) is 0 Å². The Morgan fingerprint density at radius 1 is 1.53 bits per heavy atom. The van der Waals surface area contributed by atoms with Crippen molar-refractivity contribution in [2.45, 2.75) is 6.10 Å². The third-order valence-corrected chi connectivity index (χ3v) is 2.83. The number of hydrogen-bond donors (Lipinski definition) is 3. The van der Waals surface area contributed by atoms with Gasteiger partial charge in [0, 0.05) is 12.1 Å². The van der Waals surface area contributed by atoms with E-state index in [1.165, 1.54) is 13.2 Å². The number of phenols is 1. The maximum absolute atomic E-state index is 9.80. The normalized spacial score (nSPS) is 12.5. The lowest BCUT2D eigenvalue weighted by Crippen LogP contribution is -2.17. The molecule has 0 aliphatic rings. The first-order valence-corrected chi connectivity index (χ1v) is 5.29. The van der Waals surface area contributed by atoms with Crippen molar-refractivity contribution in [3.63, 3.8) is 0 Å². The van der Waals surface area contributed by atoms with Gasteiger partial charge < -0.3 is 20.3 Å². The van der Waals surface area contributed by atoms with Gasteiger partial charge in [0.2, 0.25) is 0 Å². The van der Waals surface area contributed by atoms with Crippen molar-refractivity contribution < 1.29 is 14.9 Å². The third-order valence-electron chi connectivity index (χ3n) is 2.07. The minimum absolute atomic E-state index is 0.0901. The molecule has 0 aliphatic carbocycles. The number of ether oxygens (including phenoxy) is 1. The first-order chi connectivity index (χ1) is 7.11. The number of hydrogen-bond acceptors (Lipinski definition) is 4. The fraction of sp³-hybridized carbons (Fsp3) is 0.400. The molecule has 1 unspecified atom stereocenters. The molecule has 1 aromatic carbocycles. The van der Waals surface area contributed by atoms with Gasteiger partial charge in [0.1, 0.15) is 16.0 Å². The zero-order valence-corrected chi connectivity index (χ0v) is 10.2. The fourth-order valence-electron chi connectivity index (χ4n) is 1.33. The van der Waals surface area contributed by atoms with E-state index in [4.69, 9.17) is 4.74 Å². The summed E-state index contributed by atoms with van der Waals surface area (Å²) in [4.78, 5) is 0. The summed E-state index contributed by atoms with van der Waals surface area (Å²) in [6.07, 6.45) is -0.665. The molecule has 0 amide bonds. The highest BCUT2D eigenvalue weighted by Gasteiger charge is 2.17. The number of rotatable bonds is 4. The van der Waals surface area contributed by atoms with Gasteiger partial charge in [-0.2, -0.15) is 0 Å². The van der Waals surface area contributed by atoms with Crippen molar-refractivity contribution in [3.05, 3.63) is 22.2 Å². The van der Waals surface area contributed by atoms with Crippen LogP contribution in [0.25, 0.3) is 0 Å². The monoisotopic (exact) mass is 275 g/mol. The highest BCUT2D eigenvalue weighted by Crippen LogP contribution is 2.38. The Kier molecular flexibility index (Phi) is 4.38. The number of nitrogens with one attached hydrogen (secondary N) is 1. The number of aliphatic hydroxyl groups is 1. The van der Waals surface area contributed by atoms with Crippen LogP contribution < -0.4 is 10.1 Å². The lowest BCUT2D eigenvalue weighted by molar-refractivity contribution is 0.173. The number of methoxy groups -OCH3 is 1. The summed E-state index contributed by atoms with van der Waals surface area (Å²) in [6, 6.07) is 3.15. The van der Waals surface area contributed by atoms with Gasteiger partial charge in [-0.15, -0.1) is 0 Å². The Morgan fingerprint density at radius 3 is 2.73 bits per heavy atom. The van der Waals surface area contributed by atoms with Crippen LogP contribution >= 0.6 is 15.9 Å². The standard InChI is InChI=1S/C10H14BrNO3/c1-12-5-8(14)6-3-4-7(13)9(11)10(6)15-2/h3-4,8,12-14H,5H2,1-2H3. The Labute approximate surface area is 97.0 Å². The van der Waals surface area contributed by atoms with Crippen LogP contribution in [-0.2, 0) is 0 Å². The van der Waals surface area contributed by atoms with E-state index in [2.05, 4.69) is 21.2 Å². The van der Waals surface area contributed by atoms with Gasteiger partial charge in [-0.1, -0.05) is 0 Å².